The van der Waals surface area contributed by atoms with Gasteiger partial charge in [-0.05, 0) is 32.2 Å². The summed E-state index contributed by atoms with van der Waals surface area (Å²) in [6.07, 6.45) is 2.85. The largest absolute Gasteiger partial charge is 0.347 e. The first-order valence-corrected chi connectivity index (χ1v) is 7.17. The molecule has 5 nitrogen and oxygen atoms in total. The van der Waals surface area contributed by atoms with Crippen LogP contribution in [0.4, 0.5) is 0 Å². The van der Waals surface area contributed by atoms with Gasteiger partial charge < -0.3 is 15.1 Å². The Balaban J connectivity index is 2.51. The lowest BCUT2D eigenvalue weighted by Crippen LogP contribution is -2.46. The molecule has 0 aromatic heterocycles. The molecule has 5 heteroatoms. The lowest BCUT2D eigenvalue weighted by molar-refractivity contribution is -0.139. The first-order valence-electron chi connectivity index (χ1n) is 7.17. The minimum absolute atomic E-state index is 0.0279. The first-order chi connectivity index (χ1) is 8.95. The molecule has 1 aliphatic rings. The summed E-state index contributed by atoms with van der Waals surface area (Å²) >= 11 is 0. The van der Waals surface area contributed by atoms with E-state index in [1.54, 1.807) is 19.0 Å². The van der Waals surface area contributed by atoms with Gasteiger partial charge in [0.25, 0.3) is 0 Å². The quantitative estimate of drug-likeness (QED) is 0.799. The van der Waals surface area contributed by atoms with Crippen LogP contribution in [0.2, 0.25) is 0 Å². The van der Waals surface area contributed by atoms with E-state index in [0.717, 1.165) is 6.54 Å². The van der Waals surface area contributed by atoms with Crippen LogP contribution in [-0.2, 0) is 9.59 Å². The number of rotatable bonds is 5. The Morgan fingerprint density at radius 1 is 1.26 bits per heavy atom. The topological polar surface area (TPSA) is 52.7 Å². The van der Waals surface area contributed by atoms with Crippen molar-refractivity contribution in [3.63, 3.8) is 0 Å². The third kappa shape index (κ3) is 4.82. The Hall–Kier alpha value is -1.10. The van der Waals surface area contributed by atoms with Crippen LogP contribution in [0.3, 0.4) is 0 Å². The molecule has 1 rings (SSSR count). The van der Waals surface area contributed by atoms with Gasteiger partial charge >= 0.3 is 0 Å². The van der Waals surface area contributed by atoms with Gasteiger partial charge in [0.1, 0.15) is 0 Å². The average Bonchev–Trinajstić information content (AvgIpc) is 2.38. The summed E-state index contributed by atoms with van der Waals surface area (Å²) in [6, 6.07) is 0.254. The molecule has 0 spiro atoms. The second kappa shape index (κ2) is 7.48. The molecule has 110 valence electrons. The predicted octanol–water partition coefficient (Wildman–Crippen LogP) is 0.701. The van der Waals surface area contributed by atoms with Crippen LogP contribution in [0.25, 0.3) is 0 Å². The number of likely N-dealkylation sites (N-methyl/N-ethyl adjacent to an activating group) is 2. The van der Waals surface area contributed by atoms with E-state index >= 15 is 0 Å². The Bertz CT molecular complexity index is 318. The van der Waals surface area contributed by atoms with Crippen molar-refractivity contribution in [2.24, 2.45) is 5.92 Å². The van der Waals surface area contributed by atoms with E-state index in [4.69, 9.17) is 0 Å². The van der Waals surface area contributed by atoms with Gasteiger partial charge in [0.15, 0.2) is 0 Å². The number of hydrogen-bond donors (Lipinski definition) is 1. The molecule has 0 aromatic rings. The summed E-state index contributed by atoms with van der Waals surface area (Å²) < 4.78 is 0. The molecule has 1 fully saturated rings. The van der Waals surface area contributed by atoms with Gasteiger partial charge in [-0.25, -0.2) is 0 Å². The van der Waals surface area contributed by atoms with Crippen molar-refractivity contribution < 1.29 is 9.59 Å². The molecule has 2 amide bonds. The zero-order valence-corrected chi connectivity index (χ0v) is 12.6. The monoisotopic (exact) mass is 269 g/mol. The first kappa shape index (κ1) is 16.0. The van der Waals surface area contributed by atoms with Crippen LogP contribution < -0.4 is 5.32 Å². The van der Waals surface area contributed by atoms with E-state index in [2.05, 4.69) is 12.2 Å². The van der Waals surface area contributed by atoms with Crippen molar-refractivity contribution in [3.05, 3.63) is 0 Å². The fourth-order valence-corrected chi connectivity index (χ4v) is 2.39. The molecular weight excluding hydrogens is 242 g/mol. The second-order valence-electron chi connectivity index (χ2n) is 5.58. The van der Waals surface area contributed by atoms with E-state index in [-0.39, 0.29) is 24.4 Å². The highest BCUT2D eigenvalue weighted by molar-refractivity contribution is 5.84. The van der Waals surface area contributed by atoms with E-state index < -0.39 is 0 Å². The Morgan fingerprint density at radius 3 is 2.47 bits per heavy atom. The molecule has 0 aliphatic carbocycles. The lowest BCUT2D eigenvalue weighted by Gasteiger charge is -2.31. The minimum Gasteiger partial charge on any atom is -0.347 e. The van der Waals surface area contributed by atoms with Gasteiger partial charge in [0, 0.05) is 33.1 Å². The lowest BCUT2D eigenvalue weighted by atomic mass is 9.90. The minimum atomic E-state index is -0.0279. The molecule has 1 saturated heterocycles. The van der Waals surface area contributed by atoms with Crippen LogP contribution in [0.15, 0.2) is 0 Å². The average molecular weight is 269 g/mol. The maximum absolute atomic E-state index is 12.3. The molecule has 2 unspecified atom stereocenters. The Morgan fingerprint density at radius 2 is 1.95 bits per heavy atom. The predicted molar refractivity (Wildman–Crippen MR) is 75.8 cm³/mol. The normalized spacial score (nSPS) is 22.9. The van der Waals surface area contributed by atoms with Crippen molar-refractivity contribution in [3.8, 4) is 0 Å². The highest BCUT2D eigenvalue weighted by Crippen LogP contribution is 2.18. The van der Waals surface area contributed by atoms with Crippen LogP contribution >= 0.6 is 0 Å². The van der Waals surface area contributed by atoms with Crippen molar-refractivity contribution in [1.82, 2.24) is 15.1 Å². The molecule has 1 N–H and O–H groups in total. The van der Waals surface area contributed by atoms with Crippen molar-refractivity contribution in [2.45, 2.75) is 39.2 Å². The molecule has 2 atom stereocenters. The molecule has 0 bridgehead atoms. The second-order valence-corrected chi connectivity index (χ2v) is 5.58. The third-order valence-electron chi connectivity index (χ3n) is 3.88. The number of amides is 2. The molecular formula is C14H27N3O2. The zero-order valence-electron chi connectivity index (χ0n) is 12.6. The highest BCUT2D eigenvalue weighted by atomic mass is 16.2. The van der Waals surface area contributed by atoms with E-state index in [1.807, 2.05) is 6.92 Å². The standard InChI is InChI=1S/C14H27N3O2/c1-5-17(10-14(19)16(3)4)13(18)9-12-11(2)7-6-8-15-12/h11-12,15H,5-10H2,1-4H3. The van der Waals surface area contributed by atoms with E-state index in [0.29, 0.717) is 18.9 Å². The molecule has 0 saturated carbocycles. The fourth-order valence-electron chi connectivity index (χ4n) is 2.39. The summed E-state index contributed by atoms with van der Waals surface area (Å²) in [5.41, 5.74) is 0. The van der Waals surface area contributed by atoms with Crippen LogP contribution in [0, 0.1) is 5.92 Å². The number of carbonyl (C=O) groups is 2. The van der Waals surface area contributed by atoms with E-state index in [1.165, 1.54) is 17.7 Å². The van der Waals surface area contributed by atoms with Crippen molar-refractivity contribution in [2.75, 3.05) is 33.7 Å². The molecule has 19 heavy (non-hydrogen) atoms. The summed E-state index contributed by atoms with van der Waals surface area (Å²) in [4.78, 5) is 27.1. The Labute approximate surface area is 116 Å². The van der Waals surface area contributed by atoms with Crippen molar-refractivity contribution in [1.29, 1.82) is 0 Å². The summed E-state index contributed by atoms with van der Waals surface area (Å²) in [5.74, 6) is 0.574. The van der Waals surface area contributed by atoms with Gasteiger partial charge in [-0.1, -0.05) is 6.92 Å². The van der Waals surface area contributed by atoms with Crippen LogP contribution in [-0.4, -0.2) is 61.4 Å². The summed E-state index contributed by atoms with van der Waals surface area (Å²) in [5, 5.41) is 3.41. The van der Waals surface area contributed by atoms with Gasteiger partial charge in [0.05, 0.1) is 6.54 Å². The third-order valence-corrected chi connectivity index (χ3v) is 3.88. The number of piperidine rings is 1. The maximum Gasteiger partial charge on any atom is 0.241 e. The molecule has 0 aromatic carbocycles. The highest BCUT2D eigenvalue weighted by Gasteiger charge is 2.26. The van der Waals surface area contributed by atoms with Crippen LogP contribution in [0.1, 0.15) is 33.1 Å². The zero-order chi connectivity index (χ0) is 14.4. The van der Waals surface area contributed by atoms with Gasteiger partial charge in [0.2, 0.25) is 11.8 Å². The van der Waals surface area contributed by atoms with E-state index in [9.17, 15) is 9.59 Å². The molecule has 1 aliphatic heterocycles. The SMILES string of the molecule is CCN(CC(=O)N(C)C)C(=O)CC1NCCCC1C. The number of nitrogens with one attached hydrogen (secondary N) is 1. The smallest absolute Gasteiger partial charge is 0.241 e. The molecule has 1 heterocycles. The fraction of sp³-hybridized carbons (Fsp3) is 0.857. The van der Waals surface area contributed by atoms with Gasteiger partial charge in [-0.15, -0.1) is 0 Å². The number of nitrogens with zero attached hydrogens (tertiary/aromatic N) is 2. The van der Waals surface area contributed by atoms with Gasteiger partial charge in [-0.3, -0.25) is 9.59 Å². The van der Waals surface area contributed by atoms with Gasteiger partial charge in [-0.2, -0.15) is 0 Å². The summed E-state index contributed by atoms with van der Waals surface area (Å²) in [6.45, 7) is 5.86. The number of carbonyl (C=O) groups excluding carboxylic acids is 2. The Kier molecular flexibility index (Phi) is 6.28. The van der Waals surface area contributed by atoms with Crippen LogP contribution in [0.5, 0.6) is 0 Å². The summed E-state index contributed by atoms with van der Waals surface area (Å²) in [7, 11) is 3.43. The number of hydrogen-bond acceptors (Lipinski definition) is 3. The molecule has 0 radical (unpaired) electrons. The van der Waals surface area contributed by atoms with Crippen molar-refractivity contribution >= 4 is 11.8 Å². The maximum atomic E-state index is 12.3.